The number of hydrogen-bond acceptors (Lipinski definition) is 2. The number of rotatable bonds is 5. The normalized spacial score (nSPS) is 12.1. The Hall–Kier alpha value is -1.91. The highest BCUT2D eigenvalue weighted by Crippen LogP contribution is 2.21. The highest BCUT2D eigenvalue weighted by Gasteiger charge is 2.20. The minimum absolute atomic E-state index is 0.0877. The van der Waals surface area contributed by atoms with E-state index < -0.39 is 17.8 Å². The van der Waals surface area contributed by atoms with Gasteiger partial charge in [0, 0.05) is 6.54 Å². The molecule has 0 aliphatic rings. The summed E-state index contributed by atoms with van der Waals surface area (Å²) >= 11 is 5.68. The standard InChI is InChI=1S/C15H13ClFNO2/c16-12-8-11(6-7-13(12)17)14(15(19)20)18-9-10-4-2-1-3-5-10/h1-8,14,18H,9H2,(H,19,20). The summed E-state index contributed by atoms with van der Waals surface area (Å²) in [5.41, 5.74) is 1.38. The first kappa shape index (κ1) is 14.5. The molecule has 0 saturated carbocycles. The highest BCUT2D eigenvalue weighted by molar-refractivity contribution is 6.30. The van der Waals surface area contributed by atoms with E-state index in [9.17, 15) is 14.3 Å². The van der Waals surface area contributed by atoms with Gasteiger partial charge in [0.2, 0.25) is 0 Å². The van der Waals surface area contributed by atoms with Crippen molar-refractivity contribution in [3.63, 3.8) is 0 Å². The van der Waals surface area contributed by atoms with Crippen molar-refractivity contribution in [1.29, 1.82) is 0 Å². The van der Waals surface area contributed by atoms with Crippen LogP contribution in [0.3, 0.4) is 0 Å². The monoisotopic (exact) mass is 293 g/mol. The van der Waals surface area contributed by atoms with Crippen molar-refractivity contribution >= 4 is 17.6 Å². The third-order valence-corrected chi connectivity index (χ3v) is 3.17. The van der Waals surface area contributed by atoms with E-state index in [1.165, 1.54) is 12.1 Å². The maximum absolute atomic E-state index is 13.1. The molecule has 2 aromatic rings. The fraction of sp³-hybridized carbons (Fsp3) is 0.133. The molecule has 0 fully saturated rings. The molecule has 0 aliphatic carbocycles. The Bertz CT molecular complexity index is 604. The van der Waals surface area contributed by atoms with E-state index in [2.05, 4.69) is 5.32 Å². The smallest absolute Gasteiger partial charge is 0.325 e. The average Bonchev–Trinajstić information content (AvgIpc) is 2.43. The quantitative estimate of drug-likeness (QED) is 0.888. The van der Waals surface area contributed by atoms with E-state index in [4.69, 9.17) is 11.6 Å². The van der Waals surface area contributed by atoms with Crippen LogP contribution in [0, 0.1) is 5.82 Å². The number of carboxylic acid groups (broad SMARTS) is 1. The molecule has 0 spiro atoms. The van der Waals surface area contributed by atoms with Crippen LogP contribution in [0.1, 0.15) is 17.2 Å². The number of halogens is 2. The van der Waals surface area contributed by atoms with E-state index in [1.54, 1.807) is 0 Å². The Morgan fingerprint density at radius 2 is 1.95 bits per heavy atom. The third-order valence-electron chi connectivity index (χ3n) is 2.88. The fourth-order valence-corrected chi connectivity index (χ4v) is 2.04. The van der Waals surface area contributed by atoms with Gasteiger partial charge < -0.3 is 5.11 Å². The first-order valence-corrected chi connectivity index (χ1v) is 6.41. The van der Waals surface area contributed by atoms with Crippen LogP contribution in [0.15, 0.2) is 48.5 Å². The van der Waals surface area contributed by atoms with Gasteiger partial charge in [-0.2, -0.15) is 0 Å². The molecular formula is C15H13ClFNO2. The summed E-state index contributed by atoms with van der Waals surface area (Å²) in [4.78, 5) is 11.3. The Morgan fingerprint density at radius 3 is 2.55 bits per heavy atom. The number of carboxylic acids is 1. The number of benzene rings is 2. The second-order valence-corrected chi connectivity index (χ2v) is 4.72. The maximum Gasteiger partial charge on any atom is 0.325 e. The Labute approximate surface area is 121 Å². The van der Waals surface area contributed by atoms with Gasteiger partial charge in [-0.15, -0.1) is 0 Å². The maximum atomic E-state index is 13.1. The van der Waals surface area contributed by atoms with Crippen molar-refractivity contribution in [3.05, 3.63) is 70.5 Å². The summed E-state index contributed by atoms with van der Waals surface area (Å²) < 4.78 is 13.1. The topological polar surface area (TPSA) is 49.3 Å². The first-order valence-electron chi connectivity index (χ1n) is 6.03. The van der Waals surface area contributed by atoms with Gasteiger partial charge in [0.1, 0.15) is 11.9 Å². The lowest BCUT2D eigenvalue weighted by Crippen LogP contribution is -2.28. The summed E-state index contributed by atoms with van der Waals surface area (Å²) in [7, 11) is 0. The molecular weight excluding hydrogens is 281 g/mol. The molecule has 2 N–H and O–H groups in total. The van der Waals surface area contributed by atoms with Crippen molar-refractivity contribution in [2.75, 3.05) is 0 Å². The van der Waals surface area contributed by atoms with E-state index in [0.717, 1.165) is 11.6 Å². The van der Waals surface area contributed by atoms with Crippen molar-refractivity contribution < 1.29 is 14.3 Å². The van der Waals surface area contributed by atoms with Crippen molar-refractivity contribution in [3.8, 4) is 0 Å². The molecule has 2 rings (SSSR count). The van der Waals surface area contributed by atoms with E-state index >= 15 is 0 Å². The Morgan fingerprint density at radius 1 is 1.25 bits per heavy atom. The predicted molar refractivity (Wildman–Crippen MR) is 75.1 cm³/mol. The van der Waals surface area contributed by atoms with Gasteiger partial charge in [-0.05, 0) is 23.3 Å². The molecule has 0 aliphatic heterocycles. The molecule has 5 heteroatoms. The molecule has 0 heterocycles. The largest absolute Gasteiger partial charge is 0.480 e. The van der Waals surface area contributed by atoms with Crippen LogP contribution >= 0.6 is 11.6 Å². The average molecular weight is 294 g/mol. The minimum Gasteiger partial charge on any atom is -0.480 e. The van der Waals surface area contributed by atoms with E-state index in [-0.39, 0.29) is 5.02 Å². The fourth-order valence-electron chi connectivity index (χ4n) is 1.86. The Kier molecular flexibility index (Phi) is 4.71. The van der Waals surface area contributed by atoms with E-state index in [0.29, 0.717) is 12.1 Å². The van der Waals surface area contributed by atoms with Crippen molar-refractivity contribution in [2.24, 2.45) is 0 Å². The molecule has 1 unspecified atom stereocenters. The van der Waals surface area contributed by atoms with Crippen LogP contribution in [-0.4, -0.2) is 11.1 Å². The van der Waals surface area contributed by atoms with Crippen LogP contribution < -0.4 is 5.32 Å². The third kappa shape index (κ3) is 3.56. The van der Waals surface area contributed by atoms with Gasteiger partial charge in [0.05, 0.1) is 5.02 Å². The summed E-state index contributed by atoms with van der Waals surface area (Å²) in [5, 5.41) is 12.1. The van der Waals surface area contributed by atoms with Crippen molar-refractivity contribution in [2.45, 2.75) is 12.6 Å². The number of aliphatic carboxylic acids is 1. The zero-order valence-corrected chi connectivity index (χ0v) is 11.3. The highest BCUT2D eigenvalue weighted by atomic mass is 35.5. The minimum atomic E-state index is -1.04. The van der Waals surface area contributed by atoms with Gasteiger partial charge >= 0.3 is 5.97 Å². The second-order valence-electron chi connectivity index (χ2n) is 4.31. The molecule has 0 aromatic heterocycles. The molecule has 0 radical (unpaired) electrons. The van der Waals surface area contributed by atoms with Gasteiger partial charge in [0.25, 0.3) is 0 Å². The van der Waals surface area contributed by atoms with Gasteiger partial charge in [-0.1, -0.05) is 48.0 Å². The number of carbonyl (C=O) groups is 1. The lowest BCUT2D eigenvalue weighted by atomic mass is 10.1. The van der Waals surface area contributed by atoms with Crippen LogP contribution in [0.4, 0.5) is 4.39 Å². The molecule has 1 atom stereocenters. The van der Waals surface area contributed by atoms with Gasteiger partial charge in [-0.25, -0.2) is 4.39 Å². The SMILES string of the molecule is O=C(O)C(NCc1ccccc1)c1ccc(F)c(Cl)c1. The van der Waals surface area contributed by atoms with Gasteiger partial charge in [-0.3, -0.25) is 10.1 Å². The molecule has 2 aromatic carbocycles. The lowest BCUT2D eigenvalue weighted by Gasteiger charge is -2.15. The predicted octanol–water partition coefficient (Wildman–Crippen LogP) is 3.39. The summed E-state index contributed by atoms with van der Waals surface area (Å²) in [6.45, 7) is 0.396. The summed E-state index contributed by atoms with van der Waals surface area (Å²) in [6.07, 6.45) is 0. The van der Waals surface area contributed by atoms with Crippen LogP contribution in [-0.2, 0) is 11.3 Å². The van der Waals surface area contributed by atoms with Crippen LogP contribution in [0.5, 0.6) is 0 Å². The van der Waals surface area contributed by atoms with E-state index in [1.807, 2.05) is 30.3 Å². The lowest BCUT2D eigenvalue weighted by molar-refractivity contribution is -0.139. The second kappa shape index (κ2) is 6.50. The molecule has 0 saturated heterocycles. The zero-order valence-electron chi connectivity index (χ0n) is 10.5. The molecule has 3 nitrogen and oxygen atoms in total. The first-order chi connectivity index (χ1) is 9.58. The molecule has 0 bridgehead atoms. The number of nitrogens with one attached hydrogen (secondary N) is 1. The van der Waals surface area contributed by atoms with Crippen molar-refractivity contribution in [1.82, 2.24) is 5.32 Å². The van der Waals surface area contributed by atoms with Crippen LogP contribution in [0.25, 0.3) is 0 Å². The molecule has 20 heavy (non-hydrogen) atoms. The zero-order chi connectivity index (χ0) is 14.5. The summed E-state index contributed by atoms with van der Waals surface area (Å²) in [5.74, 6) is -1.61. The molecule has 104 valence electrons. The number of hydrogen-bond donors (Lipinski definition) is 2. The molecule has 0 amide bonds. The van der Waals surface area contributed by atoms with Gasteiger partial charge in [0.15, 0.2) is 0 Å². The summed E-state index contributed by atoms with van der Waals surface area (Å²) in [6, 6.07) is 12.4. The Balaban J connectivity index is 2.15. The van der Waals surface area contributed by atoms with Crippen LogP contribution in [0.2, 0.25) is 5.02 Å².